The van der Waals surface area contributed by atoms with Crippen molar-refractivity contribution in [1.29, 1.82) is 5.26 Å². The van der Waals surface area contributed by atoms with Gasteiger partial charge in [0.05, 0.1) is 11.6 Å². The second-order valence-electron chi connectivity index (χ2n) is 5.79. The minimum atomic E-state index is -1.28. The van der Waals surface area contributed by atoms with Crippen molar-refractivity contribution in [3.63, 3.8) is 0 Å². The van der Waals surface area contributed by atoms with Crippen molar-refractivity contribution < 1.29 is 9.35 Å². The van der Waals surface area contributed by atoms with Gasteiger partial charge in [-0.2, -0.15) is 5.26 Å². The van der Waals surface area contributed by atoms with E-state index in [2.05, 4.69) is 5.32 Å². The van der Waals surface area contributed by atoms with Gasteiger partial charge in [-0.15, -0.1) is 0 Å². The van der Waals surface area contributed by atoms with Crippen LogP contribution in [0.4, 0.5) is 5.69 Å². The van der Waals surface area contributed by atoms with Crippen LogP contribution in [0.1, 0.15) is 21.5 Å². The van der Waals surface area contributed by atoms with Crippen LogP contribution < -0.4 is 5.32 Å². The lowest BCUT2D eigenvalue weighted by Crippen LogP contribution is -2.13. The summed E-state index contributed by atoms with van der Waals surface area (Å²) in [6.07, 6.45) is 0. The molecule has 0 fully saturated rings. The van der Waals surface area contributed by atoms with Gasteiger partial charge >= 0.3 is 0 Å². The zero-order valence-electron chi connectivity index (χ0n) is 14.2. The number of nitrogens with one attached hydrogen (secondary N) is 1. The number of hydrogen-bond donors (Lipinski definition) is 1. The molecule has 1 atom stereocenters. The molecule has 0 bridgehead atoms. The predicted molar refractivity (Wildman–Crippen MR) is 107 cm³/mol. The predicted octanol–water partition coefficient (Wildman–Crippen LogP) is 4.77. The molecule has 0 aliphatic carbocycles. The molecule has 3 aromatic rings. The first kappa shape index (κ1) is 19.0. The van der Waals surface area contributed by atoms with Gasteiger partial charge in [0.15, 0.2) is 4.90 Å². The van der Waals surface area contributed by atoms with Crippen molar-refractivity contribution in [3.8, 4) is 6.07 Å². The van der Waals surface area contributed by atoms with Gasteiger partial charge in [0, 0.05) is 27.9 Å². The Morgan fingerprint density at radius 2 is 1.78 bits per heavy atom. The van der Waals surface area contributed by atoms with Crippen LogP contribution in [0.2, 0.25) is 5.02 Å². The topological polar surface area (TPSA) is 76.0 Å². The Bertz CT molecular complexity index is 982. The molecule has 0 saturated heterocycles. The molecule has 6 heteroatoms. The number of anilines is 1. The number of rotatable bonds is 5. The molecule has 0 saturated carbocycles. The first-order valence-electron chi connectivity index (χ1n) is 8.09. The Balaban J connectivity index is 1.70. The fourth-order valence-corrected chi connectivity index (χ4v) is 3.70. The van der Waals surface area contributed by atoms with Crippen LogP contribution in [0.5, 0.6) is 0 Å². The van der Waals surface area contributed by atoms with Gasteiger partial charge in [0.2, 0.25) is 0 Å². The zero-order valence-corrected chi connectivity index (χ0v) is 15.8. The molecule has 0 aliphatic heterocycles. The molecule has 3 aromatic carbocycles. The van der Waals surface area contributed by atoms with Crippen LogP contribution in [-0.4, -0.2) is 10.5 Å². The van der Waals surface area contributed by atoms with Gasteiger partial charge in [-0.1, -0.05) is 29.8 Å². The molecule has 0 radical (unpaired) electrons. The second kappa shape index (κ2) is 8.74. The summed E-state index contributed by atoms with van der Waals surface area (Å²) in [5, 5.41) is 12.2. The lowest BCUT2D eigenvalue weighted by atomic mass is 10.2. The standard InChI is InChI=1S/C21H15ClN2O2S/c22-18-8-4-16(5-9-18)14-27(26)20-3-1-2-17(12-20)21(25)24-19-10-6-15(13-23)7-11-19/h1-12H,14H2,(H,24,25). The summed E-state index contributed by atoms with van der Waals surface area (Å²) in [6, 6.07) is 22.6. The van der Waals surface area contributed by atoms with Crippen LogP contribution >= 0.6 is 11.6 Å². The van der Waals surface area contributed by atoms with E-state index in [9.17, 15) is 9.35 Å². The fourth-order valence-electron chi connectivity index (χ4n) is 2.43. The van der Waals surface area contributed by atoms with E-state index in [-0.39, 0.29) is 5.91 Å². The summed E-state index contributed by atoms with van der Waals surface area (Å²) in [4.78, 5) is 13.0. The van der Waals surface area contributed by atoms with E-state index in [1.54, 1.807) is 60.7 Å². The van der Waals surface area contributed by atoms with Gasteiger partial charge in [0.25, 0.3) is 5.91 Å². The molecule has 4 nitrogen and oxygen atoms in total. The highest BCUT2D eigenvalue weighted by Gasteiger charge is 2.15. The third-order valence-electron chi connectivity index (χ3n) is 3.84. The van der Waals surface area contributed by atoms with Crippen LogP contribution in [0.15, 0.2) is 77.7 Å². The molecular weight excluding hydrogens is 380 g/mol. The summed E-state index contributed by atoms with van der Waals surface area (Å²) in [5.41, 5.74) is 2.44. The SMILES string of the molecule is N#Cc1ccc(NC(=O)c2cccc([S+]([O-])Cc3ccc(Cl)cc3)c2)cc1. The van der Waals surface area contributed by atoms with Crippen LogP contribution in [0.25, 0.3) is 0 Å². The van der Waals surface area contributed by atoms with E-state index in [0.717, 1.165) is 5.56 Å². The highest BCUT2D eigenvalue weighted by molar-refractivity contribution is 7.90. The van der Waals surface area contributed by atoms with Gasteiger partial charge in [-0.3, -0.25) is 4.79 Å². The third-order valence-corrected chi connectivity index (χ3v) is 5.47. The average molecular weight is 395 g/mol. The summed E-state index contributed by atoms with van der Waals surface area (Å²) < 4.78 is 12.6. The largest absolute Gasteiger partial charge is 0.611 e. The number of carbonyl (C=O) groups excluding carboxylic acids is 1. The fraction of sp³-hybridized carbons (Fsp3) is 0.0476. The lowest BCUT2D eigenvalue weighted by molar-refractivity contribution is 0.102. The Morgan fingerprint density at radius 3 is 2.44 bits per heavy atom. The number of hydrogen-bond acceptors (Lipinski definition) is 3. The highest BCUT2D eigenvalue weighted by Crippen LogP contribution is 2.20. The first-order valence-corrected chi connectivity index (χ1v) is 9.79. The molecule has 3 rings (SSSR count). The molecule has 27 heavy (non-hydrogen) atoms. The quantitative estimate of drug-likeness (QED) is 0.633. The Morgan fingerprint density at radius 1 is 1.07 bits per heavy atom. The van der Waals surface area contributed by atoms with E-state index in [1.807, 2.05) is 18.2 Å². The molecular formula is C21H15ClN2O2S. The maximum absolute atomic E-state index is 12.6. The summed E-state index contributed by atoms with van der Waals surface area (Å²) in [5.74, 6) is 0.0442. The third kappa shape index (κ3) is 5.11. The Hall–Kier alpha value is -2.78. The average Bonchev–Trinajstić information content (AvgIpc) is 2.70. The maximum Gasteiger partial charge on any atom is 0.255 e. The van der Waals surface area contributed by atoms with Crippen molar-refractivity contribution in [2.24, 2.45) is 0 Å². The van der Waals surface area contributed by atoms with Crippen molar-refractivity contribution in [1.82, 2.24) is 0 Å². The minimum Gasteiger partial charge on any atom is -0.611 e. The monoisotopic (exact) mass is 394 g/mol. The smallest absolute Gasteiger partial charge is 0.255 e. The number of benzene rings is 3. The van der Waals surface area contributed by atoms with E-state index >= 15 is 0 Å². The van der Waals surface area contributed by atoms with Crippen LogP contribution in [0, 0.1) is 11.3 Å². The normalized spacial score (nSPS) is 11.4. The Labute approximate surface area is 165 Å². The van der Waals surface area contributed by atoms with Gasteiger partial charge in [0.1, 0.15) is 5.75 Å². The molecule has 0 aliphatic rings. The Kier molecular flexibility index (Phi) is 6.15. The van der Waals surface area contributed by atoms with E-state index in [0.29, 0.717) is 32.5 Å². The minimum absolute atomic E-state index is 0.301. The second-order valence-corrected chi connectivity index (χ2v) is 7.67. The van der Waals surface area contributed by atoms with Crippen LogP contribution in [-0.2, 0) is 16.9 Å². The number of nitrogens with zero attached hydrogens (tertiary/aromatic N) is 1. The van der Waals surface area contributed by atoms with E-state index in [4.69, 9.17) is 16.9 Å². The van der Waals surface area contributed by atoms with E-state index in [1.165, 1.54) is 0 Å². The molecule has 1 amide bonds. The summed E-state index contributed by atoms with van der Waals surface area (Å²) >= 11 is 4.59. The number of halogens is 1. The molecule has 0 heterocycles. The molecule has 134 valence electrons. The van der Waals surface area contributed by atoms with Crippen molar-refractivity contribution in [3.05, 3.63) is 94.5 Å². The molecule has 0 aromatic heterocycles. The van der Waals surface area contributed by atoms with Crippen molar-refractivity contribution in [2.75, 3.05) is 5.32 Å². The molecule has 1 unspecified atom stereocenters. The number of carbonyl (C=O) groups is 1. The summed E-state index contributed by atoms with van der Waals surface area (Å²) in [6.45, 7) is 0. The van der Waals surface area contributed by atoms with Crippen molar-refractivity contribution >= 4 is 34.4 Å². The maximum atomic E-state index is 12.6. The molecule has 0 spiro atoms. The lowest BCUT2D eigenvalue weighted by Gasteiger charge is -2.12. The van der Waals surface area contributed by atoms with Gasteiger partial charge < -0.3 is 9.87 Å². The first-order chi connectivity index (χ1) is 13.0. The zero-order chi connectivity index (χ0) is 19.2. The van der Waals surface area contributed by atoms with Gasteiger partial charge in [-0.05, 0) is 59.7 Å². The van der Waals surface area contributed by atoms with Gasteiger partial charge in [-0.25, -0.2) is 0 Å². The van der Waals surface area contributed by atoms with Crippen molar-refractivity contribution in [2.45, 2.75) is 10.6 Å². The van der Waals surface area contributed by atoms with E-state index < -0.39 is 11.2 Å². The number of amides is 1. The van der Waals surface area contributed by atoms with Crippen LogP contribution in [0.3, 0.4) is 0 Å². The highest BCUT2D eigenvalue weighted by atomic mass is 35.5. The summed E-state index contributed by atoms with van der Waals surface area (Å²) in [7, 11) is 0. The number of nitriles is 1. The molecule has 1 N–H and O–H groups in total.